The number of H-pyrrole nitrogens is 1. The molecule has 0 spiro atoms. The molecule has 1 aromatic heterocycles. The molecule has 0 atom stereocenters. The van der Waals surface area contributed by atoms with Crippen LogP contribution in [0.15, 0.2) is 54.6 Å². The number of hydrogen-bond acceptors (Lipinski definition) is 2. The summed E-state index contributed by atoms with van der Waals surface area (Å²) >= 11 is 5.60. The van der Waals surface area contributed by atoms with Gasteiger partial charge in [0.25, 0.3) is 0 Å². The first-order valence-electron chi connectivity index (χ1n) is 8.76. The molecular formula is C20H24N4S. The zero-order valence-electron chi connectivity index (χ0n) is 14.5. The molecule has 0 radical (unpaired) electrons. The number of fused-ring (bicyclic) bond motifs is 1. The molecule has 0 aliphatic carbocycles. The van der Waals surface area contributed by atoms with Crippen molar-refractivity contribution in [1.82, 2.24) is 20.2 Å². The van der Waals surface area contributed by atoms with Crippen molar-refractivity contribution in [3.8, 4) is 0 Å². The van der Waals surface area contributed by atoms with Gasteiger partial charge >= 0.3 is 0 Å². The van der Waals surface area contributed by atoms with E-state index in [0.717, 1.165) is 54.4 Å². The summed E-state index contributed by atoms with van der Waals surface area (Å²) in [7, 11) is 0. The number of thiocarbonyl (C=S) groups is 1. The maximum Gasteiger partial charge on any atom is 0.169 e. The van der Waals surface area contributed by atoms with Gasteiger partial charge in [-0.15, -0.1) is 0 Å². The summed E-state index contributed by atoms with van der Waals surface area (Å²) in [4.78, 5) is 10.3. The number of imidazole rings is 1. The highest BCUT2D eigenvalue weighted by molar-refractivity contribution is 7.80. The second kappa shape index (κ2) is 8.62. The van der Waals surface area contributed by atoms with Gasteiger partial charge in [-0.1, -0.05) is 49.4 Å². The topological polar surface area (TPSA) is 44.0 Å². The molecule has 0 amide bonds. The lowest BCUT2D eigenvalue weighted by Gasteiger charge is -2.25. The Labute approximate surface area is 154 Å². The number of rotatable bonds is 7. The number of benzene rings is 2. The third-order valence-electron chi connectivity index (χ3n) is 4.09. The van der Waals surface area contributed by atoms with Crippen LogP contribution in [0.4, 0.5) is 0 Å². The minimum Gasteiger partial charge on any atom is -0.363 e. The molecule has 0 aliphatic rings. The van der Waals surface area contributed by atoms with Crippen LogP contribution in [0.3, 0.4) is 0 Å². The average Bonchev–Trinajstić information content (AvgIpc) is 3.07. The second-order valence-electron chi connectivity index (χ2n) is 6.09. The van der Waals surface area contributed by atoms with Crippen LogP contribution in [0.1, 0.15) is 24.7 Å². The molecule has 2 N–H and O–H groups in total. The van der Waals surface area contributed by atoms with Crippen LogP contribution in [0.25, 0.3) is 11.0 Å². The average molecular weight is 353 g/mol. The number of aromatic amines is 1. The van der Waals surface area contributed by atoms with Crippen LogP contribution < -0.4 is 5.32 Å². The maximum absolute atomic E-state index is 5.60. The summed E-state index contributed by atoms with van der Waals surface area (Å²) in [6, 6.07) is 18.6. The summed E-state index contributed by atoms with van der Waals surface area (Å²) in [5, 5.41) is 4.15. The van der Waals surface area contributed by atoms with Crippen LogP contribution in [0, 0.1) is 0 Å². The number of nitrogens with zero attached hydrogens (tertiary/aromatic N) is 2. The van der Waals surface area contributed by atoms with Gasteiger partial charge in [-0.2, -0.15) is 0 Å². The van der Waals surface area contributed by atoms with E-state index in [1.807, 2.05) is 24.3 Å². The third-order valence-corrected chi connectivity index (χ3v) is 4.49. The fourth-order valence-corrected chi connectivity index (χ4v) is 3.02. The number of nitrogens with one attached hydrogen (secondary N) is 2. The molecule has 0 saturated carbocycles. The lowest BCUT2D eigenvalue weighted by atomic mass is 10.2. The number of hydrogen-bond donors (Lipinski definition) is 2. The highest BCUT2D eigenvalue weighted by Crippen LogP contribution is 2.12. The Morgan fingerprint density at radius 2 is 1.88 bits per heavy atom. The molecule has 0 unspecified atom stereocenters. The third kappa shape index (κ3) is 4.79. The molecule has 0 aliphatic heterocycles. The Balaban J connectivity index is 1.68. The smallest absolute Gasteiger partial charge is 0.169 e. The summed E-state index contributed by atoms with van der Waals surface area (Å²) < 4.78 is 0. The molecule has 0 saturated heterocycles. The summed E-state index contributed by atoms with van der Waals surface area (Å²) in [5.74, 6) is 0.998. The summed E-state index contributed by atoms with van der Waals surface area (Å²) in [5.41, 5.74) is 3.35. The van der Waals surface area contributed by atoms with Crippen LogP contribution in [0.2, 0.25) is 0 Å². The molecule has 2 aromatic carbocycles. The molecule has 1 heterocycles. The lowest BCUT2D eigenvalue weighted by Crippen LogP contribution is -2.40. The largest absolute Gasteiger partial charge is 0.363 e. The Hall–Kier alpha value is -2.40. The van der Waals surface area contributed by atoms with Crippen LogP contribution in [-0.2, 0) is 13.0 Å². The molecule has 3 aromatic rings. The van der Waals surface area contributed by atoms with Crippen molar-refractivity contribution in [2.24, 2.45) is 0 Å². The minimum absolute atomic E-state index is 0.802. The van der Waals surface area contributed by atoms with E-state index in [1.165, 1.54) is 5.56 Å². The monoisotopic (exact) mass is 352 g/mol. The Kier molecular flexibility index (Phi) is 6.01. The van der Waals surface area contributed by atoms with Crippen LogP contribution in [-0.4, -0.2) is 33.1 Å². The van der Waals surface area contributed by atoms with E-state index in [-0.39, 0.29) is 0 Å². The first-order chi connectivity index (χ1) is 12.3. The minimum atomic E-state index is 0.802. The fourth-order valence-electron chi connectivity index (χ4n) is 2.76. The molecular weight excluding hydrogens is 328 g/mol. The first kappa shape index (κ1) is 17.4. The molecule has 0 fully saturated rings. The number of aromatic nitrogens is 2. The maximum atomic E-state index is 5.60. The molecule has 3 rings (SSSR count). The predicted molar refractivity (Wildman–Crippen MR) is 108 cm³/mol. The molecule has 0 bridgehead atoms. The molecule has 4 nitrogen and oxygen atoms in total. The van der Waals surface area contributed by atoms with Gasteiger partial charge in [0, 0.05) is 26.1 Å². The van der Waals surface area contributed by atoms with Gasteiger partial charge in [-0.3, -0.25) is 0 Å². The highest BCUT2D eigenvalue weighted by Gasteiger charge is 2.11. The predicted octanol–water partition coefficient (Wildman–Crippen LogP) is 3.89. The van der Waals surface area contributed by atoms with Gasteiger partial charge in [-0.25, -0.2) is 4.98 Å². The van der Waals surface area contributed by atoms with Gasteiger partial charge in [-0.05, 0) is 36.3 Å². The SMILES string of the molecule is CCCNC(=S)N(CCc1nc2ccccc2[nH]1)Cc1ccccc1. The van der Waals surface area contributed by atoms with Crippen LogP contribution >= 0.6 is 12.2 Å². The van der Waals surface area contributed by atoms with Gasteiger partial charge in [0.1, 0.15) is 5.82 Å². The van der Waals surface area contributed by atoms with Crippen molar-refractivity contribution >= 4 is 28.4 Å². The van der Waals surface area contributed by atoms with Crippen molar-refractivity contribution in [2.75, 3.05) is 13.1 Å². The first-order valence-corrected chi connectivity index (χ1v) is 9.17. The van der Waals surface area contributed by atoms with Crippen molar-refractivity contribution in [3.63, 3.8) is 0 Å². The fraction of sp³-hybridized carbons (Fsp3) is 0.300. The van der Waals surface area contributed by atoms with E-state index < -0.39 is 0 Å². The van der Waals surface area contributed by atoms with Crippen molar-refractivity contribution < 1.29 is 0 Å². The standard InChI is InChI=1S/C20H24N4S/c1-2-13-21-20(25)24(15-16-8-4-3-5-9-16)14-12-19-22-17-10-6-7-11-18(17)23-19/h3-11H,2,12-15H2,1H3,(H,21,25)(H,22,23). The Morgan fingerprint density at radius 1 is 1.12 bits per heavy atom. The van der Waals surface area contributed by atoms with E-state index in [1.54, 1.807) is 0 Å². The van der Waals surface area contributed by atoms with E-state index in [4.69, 9.17) is 12.2 Å². The summed E-state index contributed by atoms with van der Waals surface area (Å²) in [6.07, 6.45) is 1.89. The molecule has 130 valence electrons. The molecule has 25 heavy (non-hydrogen) atoms. The van der Waals surface area contributed by atoms with Gasteiger partial charge in [0.15, 0.2) is 5.11 Å². The lowest BCUT2D eigenvalue weighted by molar-refractivity contribution is 0.406. The number of para-hydroxylation sites is 2. The van der Waals surface area contributed by atoms with Crippen molar-refractivity contribution in [3.05, 3.63) is 66.0 Å². The van der Waals surface area contributed by atoms with E-state index in [2.05, 4.69) is 57.4 Å². The molecule has 5 heteroatoms. The van der Waals surface area contributed by atoms with Crippen molar-refractivity contribution in [2.45, 2.75) is 26.3 Å². The van der Waals surface area contributed by atoms with Gasteiger partial charge < -0.3 is 15.2 Å². The Morgan fingerprint density at radius 3 is 2.64 bits per heavy atom. The zero-order chi connectivity index (χ0) is 17.5. The second-order valence-corrected chi connectivity index (χ2v) is 6.48. The quantitative estimate of drug-likeness (QED) is 0.633. The van der Waals surface area contributed by atoms with E-state index in [0.29, 0.717) is 0 Å². The van der Waals surface area contributed by atoms with E-state index >= 15 is 0 Å². The normalized spacial score (nSPS) is 10.8. The summed E-state index contributed by atoms with van der Waals surface area (Å²) in [6.45, 7) is 4.67. The van der Waals surface area contributed by atoms with E-state index in [9.17, 15) is 0 Å². The Bertz CT molecular complexity index is 780. The van der Waals surface area contributed by atoms with Crippen LogP contribution in [0.5, 0.6) is 0 Å². The highest BCUT2D eigenvalue weighted by atomic mass is 32.1. The van der Waals surface area contributed by atoms with Crippen molar-refractivity contribution in [1.29, 1.82) is 0 Å². The zero-order valence-corrected chi connectivity index (χ0v) is 15.4. The van der Waals surface area contributed by atoms with Gasteiger partial charge in [0.2, 0.25) is 0 Å². The van der Waals surface area contributed by atoms with Gasteiger partial charge in [0.05, 0.1) is 11.0 Å².